The molecule has 2 atom stereocenters. The third-order valence-corrected chi connectivity index (χ3v) is 4.81. The summed E-state index contributed by atoms with van der Waals surface area (Å²) in [6.07, 6.45) is 7.64. The summed E-state index contributed by atoms with van der Waals surface area (Å²) in [5, 5.41) is 9.65. The van der Waals surface area contributed by atoms with Gasteiger partial charge in [-0.2, -0.15) is 0 Å². The van der Waals surface area contributed by atoms with Gasteiger partial charge in [-0.3, -0.25) is 0 Å². The Hall–Kier alpha value is -0.820. The van der Waals surface area contributed by atoms with Crippen LogP contribution in [0.25, 0.3) is 0 Å². The maximum absolute atomic E-state index is 9.65. The summed E-state index contributed by atoms with van der Waals surface area (Å²) in [4.78, 5) is 0. The maximum Gasteiger partial charge on any atom is 0.0487 e. The van der Waals surface area contributed by atoms with Gasteiger partial charge in [0.1, 0.15) is 0 Å². The van der Waals surface area contributed by atoms with Crippen LogP contribution in [0, 0.1) is 17.3 Å². The van der Waals surface area contributed by atoms with Crippen molar-refractivity contribution >= 4 is 0 Å². The van der Waals surface area contributed by atoms with Crippen LogP contribution in [0.15, 0.2) is 30.3 Å². The first-order chi connectivity index (χ1) is 8.31. The minimum absolute atomic E-state index is 0.294. The van der Waals surface area contributed by atoms with Crippen molar-refractivity contribution in [3.8, 4) is 0 Å². The van der Waals surface area contributed by atoms with Crippen molar-refractivity contribution in [3.05, 3.63) is 35.9 Å². The van der Waals surface area contributed by atoms with Crippen molar-refractivity contribution in [3.63, 3.8) is 0 Å². The molecular weight excluding hydrogens is 208 g/mol. The number of fused-ring (bicyclic) bond motifs is 1. The first kappa shape index (κ1) is 11.3. The molecule has 0 saturated heterocycles. The van der Waals surface area contributed by atoms with Gasteiger partial charge in [0.2, 0.25) is 0 Å². The molecule has 3 rings (SSSR count). The van der Waals surface area contributed by atoms with Gasteiger partial charge in [-0.1, -0.05) is 30.3 Å². The highest BCUT2D eigenvalue weighted by molar-refractivity contribution is 5.14. The van der Waals surface area contributed by atoms with Gasteiger partial charge in [-0.05, 0) is 61.3 Å². The molecule has 2 fully saturated rings. The Labute approximate surface area is 104 Å². The van der Waals surface area contributed by atoms with Crippen molar-refractivity contribution in [2.45, 2.75) is 38.5 Å². The van der Waals surface area contributed by atoms with E-state index in [1.807, 2.05) is 0 Å². The Morgan fingerprint density at radius 1 is 1.12 bits per heavy atom. The van der Waals surface area contributed by atoms with E-state index >= 15 is 0 Å². The van der Waals surface area contributed by atoms with E-state index in [2.05, 4.69) is 30.3 Å². The molecule has 2 saturated carbocycles. The first-order valence-electron chi connectivity index (χ1n) is 6.96. The van der Waals surface area contributed by atoms with Crippen LogP contribution in [0.3, 0.4) is 0 Å². The molecule has 0 heterocycles. The van der Waals surface area contributed by atoms with Gasteiger partial charge in [0.25, 0.3) is 0 Å². The fraction of sp³-hybridized carbons (Fsp3) is 0.625. The van der Waals surface area contributed by atoms with Crippen molar-refractivity contribution in [2.24, 2.45) is 17.3 Å². The molecule has 1 nitrogen and oxygen atoms in total. The molecule has 1 aromatic carbocycles. The molecule has 1 aromatic rings. The Morgan fingerprint density at radius 3 is 2.47 bits per heavy atom. The molecule has 1 N–H and O–H groups in total. The van der Waals surface area contributed by atoms with Gasteiger partial charge in [-0.25, -0.2) is 0 Å². The summed E-state index contributed by atoms with van der Waals surface area (Å²) in [7, 11) is 0. The molecule has 2 aliphatic carbocycles. The molecule has 0 amide bonds. The Morgan fingerprint density at radius 2 is 1.82 bits per heavy atom. The molecule has 17 heavy (non-hydrogen) atoms. The molecule has 2 aliphatic rings. The van der Waals surface area contributed by atoms with Gasteiger partial charge in [0, 0.05) is 6.61 Å². The summed E-state index contributed by atoms with van der Waals surface area (Å²) in [5.74, 6) is 1.94. The van der Waals surface area contributed by atoms with E-state index in [9.17, 15) is 5.11 Å². The second kappa shape index (κ2) is 4.45. The third kappa shape index (κ3) is 2.40. The summed E-state index contributed by atoms with van der Waals surface area (Å²) >= 11 is 0. The van der Waals surface area contributed by atoms with Crippen LogP contribution in [-0.4, -0.2) is 11.7 Å². The zero-order chi connectivity index (χ0) is 11.7. The van der Waals surface area contributed by atoms with Gasteiger partial charge in [0.15, 0.2) is 0 Å². The summed E-state index contributed by atoms with van der Waals surface area (Å²) in [5.41, 5.74) is 1.73. The number of aliphatic hydroxyl groups is 1. The Balaban J connectivity index is 1.50. The SMILES string of the molecule is OCC1(CCCc2ccccc2)CC2CC2C1. The lowest BCUT2D eigenvalue weighted by molar-refractivity contribution is 0.105. The van der Waals surface area contributed by atoms with E-state index < -0.39 is 0 Å². The van der Waals surface area contributed by atoms with Gasteiger partial charge in [0.05, 0.1) is 0 Å². The lowest BCUT2D eigenvalue weighted by Crippen LogP contribution is -2.23. The van der Waals surface area contributed by atoms with Crippen molar-refractivity contribution in [1.82, 2.24) is 0 Å². The van der Waals surface area contributed by atoms with E-state index in [-0.39, 0.29) is 0 Å². The quantitative estimate of drug-likeness (QED) is 0.821. The standard InChI is InChI=1S/C16H22O/c17-12-16(10-14-9-15(14)11-16)8-4-7-13-5-2-1-3-6-13/h1-3,5-6,14-15,17H,4,7-12H2. The number of hydrogen-bond acceptors (Lipinski definition) is 1. The van der Waals surface area contributed by atoms with E-state index in [4.69, 9.17) is 0 Å². The second-order valence-corrected chi connectivity index (χ2v) is 6.16. The molecule has 0 bridgehead atoms. The van der Waals surface area contributed by atoms with Crippen LogP contribution >= 0.6 is 0 Å². The fourth-order valence-electron chi connectivity index (χ4n) is 3.73. The van der Waals surface area contributed by atoms with Crippen LogP contribution in [0.2, 0.25) is 0 Å². The van der Waals surface area contributed by atoms with Crippen LogP contribution < -0.4 is 0 Å². The molecule has 0 radical (unpaired) electrons. The average molecular weight is 230 g/mol. The molecular formula is C16H22O. The minimum atomic E-state index is 0.294. The average Bonchev–Trinajstić information content (AvgIpc) is 2.99. The van der Waals surface area contributed by atoms with Crippen molar-refractivity contribution < 1.29 is 5.11 Å². The fourth-order valence-corrected chi connectivity index (χ4v) is 3.73. The molecule has 0 aliphatic heterocycles. The predicted octanol–water partition coefficient (Wildman–Crippen LogP) is 3.42. The maximum atomic E-state index is 9.65. The lowest BCUT2D eigenvalue weighted by Gasteiger charge is -2.28. The zero-order valence-electron chi connectivity index (χ0n) is 10.4. The van der Waals surface area contributed by atoms with E-state index in [0.717, 1.165) is 18.3 Å². The van der Waals surface area contributed by atoms with Crippen molar-refractivity contribution in [2.75, 3.05) is 6.61 Å². The highest BCUT2D eigenvalue weighted by Gasteiger charge is 2.52. The van der Waals surface area contributed by atoms with Crippen LogP contribution in [-0.2, 0) is 6.42 Å². The molecule has 0 spiro atoms. The summed E-state index contributed by atoms with van der Waals surface area (Å²) in [6.45, 7) is 0.411. The van der Waals surface area contributed by atoms with E-state index in [0.29, 0.717) is 12.0 Å². The molecule has 2 unspecified atom stereocenters. The molecule has 1 heteroatoms. The van der Waals surface area contributed by atoms with Crippen LogP contribution in [0.1, 0.15) is 37.7 Å². The van der Waals surface area contributed by atoms with Crippen LogP contribution in [0.4, 0.5) is 0 Å². The number of aliphatic hydroxyl groups excluding tert-OH is 1. The number of benzene rings is 1. The predicted molar refractivity (Wildman–Crippen MR) is 69.7 cm³/mol. The molecule has 0 aromatic heterocycles. The largest absolute Gasteiger partial charge is 0.396 e. The Bertz CT molecular complexity index is 360. The molecule has 92 valence electrons. The lowest BCUT2D eigenvalue weighted by atomic mass is 9.79. The normalized spacial score (nSPS) is 34.6. The summed E-state index contributed by atoms with van der Waals surface area (Å²) < 4.78 is 0. The number of hydrogen-bond donors (Lipinski definition) is 1. The minimum Gasteiger partial charge on any atom is -0.396 e. The van der Waals surface area contributed by atoms with Crippen molar-refractivity contribution in [1.29, 1.82) is 0 Å². The smallest absolute Gasteiger partial charge is 0.0487 e. The third-order valence-electron chi connectivity index (χ3n) is 4.81. The van der Waals surface area contributed by atoms with E-state index in [1.165, 1.54) is 37.7 Å². The highest BCUT2D eigenvalue weighted by Crippen LogP contribution is 2.61. The monoisotopic (exact) mass is 230 g/mol. The van der Waals surface area contributed by atoms with E-state index in [1.54, 1.807) is 0 Å². The first-order valence-corrected chi connectivity index (χ1v) is 6.96. The zero-order valence-corrected chi connectivity index (χ0v) is 10.4. The highest BCUT2D eigenvalue weighted by atomic mass is 16.3. The Kier molecular flexibility index (Phi) is 2.96. The van der Waals surface area contributed by atoms with Crippen LogP contribution in [0.5, 0.6) is 0 Å². The number of aryl methyl sites for hydroxylation is 1. The van der Waals surface area contributed by atoms with Gasteiger partial charge < -0.3 is 5.11 Å². The topological polar surface area (TPSA) is 20.2 Å². The number of rotatable bonds is 5. The summed E-state index contributed by atoms with van der Waals surface area (Å²) in [6, 6.07) is 10.7. The van der Waals surface area contributed by atoms with Gasteiger partial charge >= 0.3 is 0 Å². The van der Waals surface area contributed by atoms with Gasteiger partial charge in [-0.15, -0.1) is 0 Å². The second-order valence-electron chi connectivity index (χ2n) is 6.16.